The maximum absolute atomic E-state index is 12.6. The number of carboxylic acids is 1. The zero-order chi connectivity index (χ0) is 19.3. The van der Waals surface area contributed by atoms with Gasteiger partial charge in [-0.15, -0.1) is 0 Å². The van der Waals surface area contributed by atoms with E-state index in [-0.39, 0.29) is 24.4 Å². The van der Waals surface area contributed by atoms with Gasteiger partial charge in [0.05, 0.1) is 31.4 Å². The molecular weight excluding hydrogens is 342 g/mol. The van der Waals surface area contributed by atoms with Crippen LogP contribution in [0, 0.1) is 0 Å². The van der Waals surface area contributed by atoms with Crippen LogP contribution < -0.4 is 15.0 Å². The molecule has 0 aliphatic rings. The highest BCUT2D eigenvalue weighted by atomic mass is 16.5. The van der Waals surface area contributed by atoms with Crippen molar-refractivity contribution in [3.8, 4) is 11.5 Å². The molecule has 0 bridgehead atoms. The second-order valence-electron chi connectivity index (χ2n) is 5.71. The Morgan fingerprint density at radius 2 is 1.88 bits per heavy atom. The molecule has 0 aliphatic heterocycles. The van der Waals surface area contributed by atoms with Gasteiger partial charge < -0.3 is 19.5 Å². The fourth-order valence-corrected chi connectivity index (χ4v) is 2.53. The van der Waals surface area contributed by atoms with Gasteiger partial charge in [0.15, 0.2) is 11.5 Å². The summed E-state index contributed by atoms with van der Waals surface area (Å²) < 4.78 is 11.8. The maximum atomic E-state index is 12.6. The fraction of sp³-hybridized carbons (Fsp3) is 0.412. The van der Waals surface area contributed by atoms with Crippen LogP contribution in [0.3, 0.4) is 0 Å². The minimum atomic E-state index is -1.07. The molecule has 1 aromatic heterocycles. The first kappa shape index (κ1) is 19.2. The molecule has 9 heteroatoms. The Balaban J connectivity index is 2.13. The summed E-state index contributed by atoms with van der Waals surface area (Å²) in [4.78, 5) is 40.5. The van der Waals surface area contributed by atoms with Crippen LogP contribution in [0.15, 0.2) is 23.3 Å². The van der Waals surface area contributed by atoms with Crippen molar-refractivity contribution in [3.05, 3.63) is 28.8 Å². The average Bonchev–Trinajstić information content (AvgIpc) is 2.61. The maximum Gasteiger partial charge on any atom is 0.323 e. The molecule has 0 radical (unpaired) electrons. The number of fused-ring (bicyclic) bond motifs is 1. The normalized spacial score (nSPS) is 10.6. The van der Waals surface area contributed by atoms with Gasteiger partial charge in [-0.1, -0.05) is 0 Å². The molecule has 9 nitrogen and oxygen atoms in total. The minimum absolute atomic E-state index is 0.139. The van der Waals surface area contributed by atoms with Crippen molar-refractivity contribution in [2.24, 2.45) is 0 Å². The lowest BCUT2D eigenvalue weighted by Gasteiger charge is -2.14. The highest BCUT2D eigenvalue weighted by Gasteiger charge is 2.13. The quantitative estimate of drug-likeness (QED) is 0.736. The molecular formula is C17H21N3O6. The smallest absolute Gasteiger partial charge is 0.323 e. The molecule has 2 aromatic rings. The number of benzene rings is 1. The van der Waals surface area contributed by atoms with Gasteiger partial charge in [-0.3, -0.25) is 19.0 Å². The van der Waals surface area contributed by atoms with Crippen molar-refractivity contribution in [1.29, 1.82) is 0 Å². The van der Waals surface area contributed by atoms with E-state index in [1.54, 1.807) is 12.1 Å². The molecule has 140 valence electrons. The monoisotopic (exact) mass is 363 g/mol. The van der Waals surface area contributed by atoms with Gasteiger partial charge in [-0.25, -0.2) is 4.98 Å². The van der Waals surface area contributed by atoms with Crippen LogP contribution in [-0.4, -0.2) is 59.2 Å². The number of hydrogen-bond donors (Lipinski definition) is 1. The lowest BCUT2D eigenvalue weighted by molar-refractivity contribution is -0.143. The predicted octanol–water partition coefficient (Wildman–Crippen LogP) is 0.737. The van der Waals surface area contributed by atoms with Crippen LogP contribution in [0.1, 0.15) is 12.8 Å². The number of carbonyl (C=O) groups is 2. The molecule has 0 unspecified atom stereocenters. The lowest BCUT2D eigenvalue weighted by atomic mass is 10.2. The Kier molecular flexibility index (Phi) is 6.16. The number of carbonyl (C=O) groups excluding carboxylic acids is 1. The van der Waals surface area contributed by atoms with E-state index in [1.165, 1.54) is 32.2 Å². The number of aromatic nitrogens is 2. The summed E-state index contributed by atoms with van der Waals surface area (Å²) in [6, 6.07) is 3.20. The zero-order valence-corrected chi connectivity index (χ0v) is 14.9. The molecule has 0 saturated carbocycles. The molecule has 0 atom stereocenters. The molecule has 26 heavy (non-hydrogen) atoms. The number of hydrogen-bond acceptors (Lipinski definition) is 6. The van der Waals surface area contributed by atoms with Crippen molar-refractivity contribution in [2.45, 2.75) is 19.4 Å². The van der Waals surface area contributed by atoms with Gasteiger partial charge in [0.25, 0.3) is 5.56 Å². The van der Waals surface area contributed by atoms with E-state index < -0.39 is 5.97 Å². The van der Waals surface area contributed by atoms with Crippen molar-refractivity contribution in [1.82, 2.24) is 14.5 Å². The largest absolute Gasteiger partial charge is 0.493 e. The second kappa shape index (κ2) is 8.32. The summed E-state index contributed by atoms with van der Waals surface area (Å²) in [5.74, 6) is -0.445. The van der Waals surface area contributed by atoms with E-state index in [1.807, 2.05) is 0 Å². The van der Waals surface area contributed by atoms with E-state index in [0.29, 0.717) is 35.4 Å². The van der Waals surface area contributed by atoms with Crippen LogP contribution in [-0.2, 0) is 16.1 Å². The number of rotatable bonds is 8. The highest BCUT2D eigenvalue weighted by molar-refractivity contribution is 5.82. The summed E-state index contributed by atoms with van der Waals surface area (Å²) in [5.41, 5.74) is 0.239. The molecule has 2 rings (SSSR count). The van der Waals surface area contributed by atoms with E-state index in [2.05, 4.69) is 4.98 Å². The number of ether oxygens (including phenoxy) is 2. The van der Waals surface area contributed by atoms with Crippen molar-refractivity contribution in [2.75, 3.05) is 27.8 Å². The van der Waals surface area contributed by atoms with Crippen molar-refractivity contribution >= 4 is 22.8 Å². The number of aryl methyl sites for hydroxylation is 1. The van der Waals surface area contributed by atoms with Crippen LogP contribution in [0.4, 0.5) is 0 Å². The molecule has 0 fully saturated rings. The molecule has 0 spiro atoms. The number of methoxy groups -OCH3 is 2. The second-order valence-corrected chi connectivity index (χ2v) is 5.71. The first-order valence-electron chi connectivity index (χ1n) is 7.94. The molecule has 0 aliphatic carbocycles. The number of carboxylic acid groups (broad SMARTS) is 1. The van der Waals surface area contributed by atoms with Gasteiger partial charge in [0.1, 0.15) is 6.54 Å². The van der Waals surface area contributed by atoms with Crippen LogP contribution in [0.2, 0.25) is 0 Å². The molecule has 1 heterocycles. The van der Waals surface area contributed by atoms with E-state index >= 15 is 0 Å². The first-order valence-corrected chi connectivity index (χ1v) is 7.94. The molecule has 1 N–H and O–H groups in total. The van der Waals surface area contributed by atoms with Crippen LogP contribution >= 0.6 is 0 Å². The Morgan fingerprint density at radius 3 is 2.50 bits per heavy atom. The van der Waals surface area contributed by atoms with Gasteiger partial charge in [0.2, 0.25) is 5.91 Å². The summed E-state index contributed by atoms with van der Waals surface area (Å²) >= 11 is 0. The van der Waals surface area contributed by atoms with Gasteiger partial charge >= 0.3 is 5.97 Å². The number of likely N-dealkylation sites (N-methyl/N-ethyl adjacent to an activating group) is 1. The van der Waals surface area contributed by atoms with E-state index in [0.717, 1.165) is 4.90 Å². The van der Waals surface area contributed by atoms with Gasteiger partial charge in [-0.05, 0) is 12.5 Å². The third-order valence-electron chi connectivity index (χ3n) is 3.92. The number of aliphatic carboxylic acids is 1. The SMILES string of the molecule is COc1cc2ncn(CCCC(=O)N(C)CC(=O)O)c(=O)c2cc1OC. The Bertz CT molecular complexity index is 877. The topological polar surface area (TPSA) is 111 Å². The van der Waals surface area contributed by atoms with E-state index in [4.69, 9.17) is 14.6 Å². The number of nitrogens with zero attached hydrogens (tertiary/aromatic N) is 3. The predicted molar refractivity (Wildman–Crippen MR) is 93.6 cm³/mol. The van der Waals surface area contributed by atoms with Gasteiger partial charge in [-0.2, -0.15) is 0 Å². The summed E-state index contributed by atoms with van der Waals surface area (Å²) in [6.45, 7) is -0.0549. The Labute approximate surface area is 149 Å². The average molecular weight is 363 g/mol. The van der Waals surface area contributed by atoms with Gasteiger partial charge in [0, 0.05) is 26.1 Å². The summed E-state index contributed by atoms with van der Waals surface area (Å²) in [6.07, 6.45) is 1.95. The third kappa shape index (κ3) is 4.29. The summed E-state index contributed by atoms with van der Waals surface area (Å²) in [7, 11) is 4.42. The minimum Gasteiger partial charge on any atom is -0.493 e. The Hall–Kier alpha value is -3.10. The third-order valence-corrected chi connectivity index (χ3v) is 3.92. The molecule has 0 saturated heterocycles. The Morgan fingerprint density at radius 1 is 1.23 bits per heavy atom. The van der Waals surface area contributed by atoms with Crippen molar-refractivity contribution < 1.29 is 24.2 Å². The highest BCUT2D eigenvalue weighted by Crippen LogP contribution is 2.29. The molecule has 1 aromatic carbocycles. The lowest BCUT2D eigenvalue weighted by Crippen LogP contribution is -2.32. The fourth-order valence-electron chi connectivity index (χ4n) is 2.53. The summed E-state index contributed by atoms with van der Waals surface area (Å²) in [5, 5.41) is 9.07. The first-order chi connectivity index (χ1) is 12.4. The van der Waals surface area contributed by atoms with Crippen molar-refractivity contribution in [3.63, 3.8) is 0 Å². The van der Waals surface area contributed by atoms with E-state index in [9.17, 15) is 14.4 Å². The number of amides is 1. The van der Waals surface area contributed by atoms with Crippen LogP contribution in [0.25, 0.3) is 10.9 Å². The zero-order valence-electron chi connectivity index (χ0n) is 14.9. The molecule has 1 amide bonds. The van der Waals surface area contributed by atoms with Crippen LogP contribution in [0.5, 0.6) is 11.5 Å². The standard InChI is InChI=1S/C17H21N3O6/c1-19(9-16(22)23)15(21)5-4-6-20-10-18-12-8-14(26-3)13(25-2)7-11(12)17(20)24/h7-8,10H,4-6,9H2,1-3H3,(H,22,23).